The Bertz CT molecular complexity index is 642. The summed E-state index contributed by atoms with van der Waals surface area (Å²) in [6.45, 7) is 0. The molecule has 0 unspecified atom stereocenters. The standard InChI is InChI=1S/C12H11NO3S/c1-17(15,16)12-10(9-14)7-8-13(12)11-5-3-2-4-6-11/h2-9H,1H3. The molecule has 0 N–H and O–H groups in total. The highest BCUT2D eigenvalue weighted by atomic mass is 32.2. The number of rotatable bonds is 3. The number of aromatic nitrogens is 1. The van der Waals surface area contributed by atoms with Crippen molar-refractivity contribution >= 4 is 16.1 Å². The first-order valence-electron chi connectivity index (χ1n) is 4.96. The first kappa shape index (κ1) is 11.6. The number of benzene rings is 1. The minimum Gasteiger partial charge on any atom is -0.307 e. The summed E-state index contributed by atoms with van der Waals surface area (Å²) in [4.78, 5) is 10.8. The molecule has 88 valence electrons. The van der Waals surface area contributed by atoms with Crippen molar-refractivity contribution in [3.8, 4) is 5.69 Å². The van der Waals surface area contributed by atoms with Crippen molar-refractivity contribution in [2.45, 2.75) is 5.03 Å². The van der Waals surface area contributed by atoms with Gasteiger partial charge >= 0.3 is 0 Å². The molecular formula is C12H11NO3S. The fourth-order valence-corrected chi connectivity index (χ4v) is 2.78. The van der Waals surface area contributed by atoms with E-state index in [0.29, 0.717) is 12.0 Å². The average Bonchev–Trinajstić information content (AvgIpc) is 2.73. The fourth-order valence-electron chi connectivity index (χ4n) is 1.71. The minimum atomic E-state index is -3.45. The molecule has 0 atom stereocenters. The molecular weight excluding hydrogens is 238 g/mol. The highest BCUT2D eigenvalue weighted by molar-refractivity contribution is 7.90. The molecule has 1 heterocycles. The van der Waals surface area contributed by atoms with Crippen LogP contribution in [0.3, 0.4) is 0 Å². The highest BCUT2D eigenvalue weighted by Crippen LogP contribution is 2.20. The topological polar surface area (TPSA) is 56.1 Å². The van der Waals surface area contributed by atoms with Gasteiger partial charge in [0.05, 0.1) is 5.56 Å². The van der Waals surface area contributed by atoms with E-state index >= 15 is 0 Å². The molecule has 2 rings (SSSR count). The normalized spacial score (nSPS) is 11.4. The summed E-state index contributed by atoms with van der Waals surface area (Å²) in [6.07, 6.45) is 3.22. The van der Waals surface area contributed by atoms with Gasteiger partial charge in [-0.3, -0.25) is 4.79 Å². The van der Waals surface area contributed by atoms with Crippen molar-refractivity contribution in [2.75, 3.05) is 6.26 Å². The highest BCUT2D eigenvalue weighted by Gasteiger charge is 2.19. The summed E-state index contributed by atoms with van der Waals surface area (Å²) in [5.74, 6) is 0. The lowest BCUT2D eigenvalue weighted by Crippen LogP contribution is -2.08. The number of sulfone groups is 1. The molecule has 0 saturated heterocycles. The van der Waals surface area contributed by atoms with Crippen LogP contribution in [0.2, 0.25) is 0 Å². The molecule has 2 aromatic rings. The quantitative estimate of drug-likeness (QED) is 0.778. The number of carbonyl (C=O) groups excluding carboxylic acids is 1. The Morgan fingerprint density at radius 1 is 1.12 bits per heavy atom. The first-order chi connectivity index (χ1) is 8.04. The Balaban J connectivity index is 2.73. The molecule has 0 bridgehead atoms. The van der Waals surface area contributed by atoms with Gasteiger partial charge in [0.2, 0.25) is 0 Å². The van der Waals surface area contributed by atoms with E-state index in [1.807, 2.05) is 18.2 Å². The van der Waals surface area contributed by atoms with E-state index in [2.05, 4.69) is 0 Å². The van der Waals surface area contributed by atoms with Crippen LogP contribution in [-0.4, -0.2) is 25.5 Å². The zero-order valence-corrected chi connectivity index (χ0v) is 10.0. The predicted octanol–water partition coefficient (Wildman–Crippen LogP) is 1.69. The van der Waals surface area contributed by atoms with Crippen molar-refractivity contribution in [1.29, 1.82) is 0 Å². The molecule has 0 spiro atoms. The first-order valence-corrected chi connectivity index (χ1v) is 6.85. The fraction of sp³-hybridized carbons (Fsp3) is 0.0833. The molecule has 0 aliphatic rings. The van der Waals surface area contributed by atoms with Gasteiger partial charge in [0, 0.05) is 18.1 Å². The summed E-state index contributed by atoms with van der Waals surface area (Å²) in [6, 6.07) is 10.5. The number of para-hydroxylation sites is 1. The van der Waals surface area contributed by atoms with E-state index in [1.54, 1.807) is 18.3 Å². The summed E-state index contributed by atoms with van der Waals surface area (Å²) >= 11 is 0. The van der Waals surface area contributed by atoms with Gasteiger partial charge in [-0.1, -0.05) is 18.2 Å². The predicted molar refractivity (Wildman–Crippen MR) is 64.3 cm³/mol. The summed E-state index contributed by atoms with van der Waals surface area (Å²) in [5, 5.41) is 0.0266. The van der Waals surface area contributed by atoms with Gasteiger partial charge in [0.25, 0.3) is 0 Å². The van der Waals surface area contributed by atoms with Crippen LogP contribution < -0.4 is 0 Å². The lowest BCUT2D eigenvalue weighted by atomic mass is 10.3. The van der Waals surface area contributed by atoms with Gasteiger partial charge in [0.1, 0.15) is 5.03 Å². The zero-order valence-electron chi connectivity index (χ0n) is 9.20. The van der Waals surface area contributed by atoms with Gasteiger partial charge in [-0.15, -0.1) is 0 Å². The monoisotopic (exact) mass is 249 g/mol. The summed E-state index contributed by atoms with van der Waals surface area (Å²) in [5.41, 5.74) is 0.886. The van der Waals surface area contributed by atoms with E-state index in [1.165, 1.54) is 10.6 Å². The smallest absolute Gasteiger partial charge is 0.192 e. The molecule has 0 fully saturated rings. The van der Waals surface area contributed by atoms with Crippen molar-refractivity contribution in [2.24, 2.45) is 0 Å². The maximum atomic E-state index is 11.7. The van der Waals surface area contributed by atoms with Crippen LogP contribution >= 0.6 is 0 Å². The van der Waals surface area contributed by atoms with Crippen molar-refractivity contribution in [3.63, 3.8) is 0 Å². The Hall–Kier alpha value is -1.88. The van der Waals surface area contributed by atoms with Crippen LogP contribution in [0.15, 0.2) is 47.6 Å². The van der Waals surface area contributed by atoms with E-state index in [0.717, 1.165) is 6.26 Å². The second-order valence-electron chi connectivity index (χ2n) is 3.67. The van der Waals surface area contributed by atoms with Crippen molar-refractivity contribution < 1.29 is 13.2 Å². The van der Waals surface area contributed by atoms with Crippen LogP contribution in [0.1, 0.15) is 10.4 Å². The Morgan fingerprint density at radius 2 is 1.76 bits per heavy atom. The lowest BCUT2D eigenvalue weighted by molar-refractivity contribution is 0.112. The second-order valence-corrected chi connectivity index (χ2v) is 5.60. The molecule has 0 aliphatic heterocycles. The van der Waals surface area contributed by atoms with E-state index in [9.17, 15) is 13.2 Å². The Kier molecular flexibility index (Phi) is 2.85. The molecule has 0 saturated carbocycles. The number of hydrogen-bond donors (Lipinski definition) is 0. The molecule has 0 radical (unpaired) electrons. The molecule has 0 amide bonds. The third kappa shape index (κ3) is 2.14. The molecule has 5 heteroatoms. The van der Waals surface area contributed by atoms with E-state index < -0.39 is 9.84 Å². The van der Waals surface area contributed by atoms with Crippen LogP contribution in [0.25, 0.3) is 5.69 Å². The van der Waals surface area contributed by atoms with E-state index in [4.69, 9.17) is 0 Å². The molecule has 4 nitrogen and oxygen atoms in total. The van der Waals surface area contributed by atoms with Crippen LogP contribution in [0.5, 0.6) is 0 Å². The average molecular weight is 249 g/mol. The number of nitrogens with zero attached hydrogens (tertiary/aromatic N) is 1. The van der Waals surface area contributed by atoms with Gasteiger partial charge < -0.3 is 4.57 Å². The van der Waals surface area contributed by atoms with Gasteiger partial charge in [-0.25, -0.2) is 8.42 Å². The second kappa shape index (κ2) is 4.18. The largest absolute Gasteiger partial charge is 0.307 e. The van der Waals surface area contributed by atoms with Crippen LogP contribution in [-0.2, 0) is 9.84 Å². The molecule has 0 aliphatic carbocycles. The summed E-state index contributed by atoms with van der Waals surface area (Å²) < 4.78 is 24.9. The number of carbonyl (C=O) groups is 1. The van der Waals surface area contributed by atoms with E-state index in [-0.39, 0.29) is 10.6 Å². The number of aldehydes is 1. The van der Waals surface area contributed by atoms with Gasteiger partial charge in [-0.2, -0.15) is 0 Å². The SMILES string of the molecule is CS(=O)(=O)c1c(C=O)ccn1-c1ccccc1. The molecule has 1 aromatic carbocycles. The van der Waals surface area contributed by atoms with Crippen LogP contribution in [0, 0.1) is 0 Å². The van der Waals surface area contributed by atoms with Crippen molar-refractivity contribution in [1.82, 2.24) is 4.57 Å². The molecule has 17 heavy (non-hydrogen) atoms. The maximum Gasteiger partial charge on any atom is 0.192 e. The Labute approximate surface area is 99.4 Å². The number of hydrogen-bond acceptors (Lipinski definition) is 3. The minimum absolute atomic E-state index is 0.0266. The maximum absolute atomic E-state index is 11.7. The van der Waals surface area contributed by atoms with Crippen LogP contribution in [0.4, 0.5) is 0 Å². The van der Waals surface area contributed by atoms with Crippen molar-refractivity contribution in [3.05, 3.63) is 48.2 Å². The van der Waals surface area contributed by atoms with Gasteiger partial charge in [-0.05, 0) is 18.2 Å². The summed E-state index contributed by atoms with van der Waals surface area (Å²) in [7, 11) is -3.45. The Morgan fingerprint density at radius 3 is 2.29 bits per heavy atom. The van der Waals surface area contributed by atoms with Gasteiger partial charge in [0.15, 0.2) is 16.1 Å². The third-order valence-electron chi connectivity index (χ3n) is 2.38. The third-order valence-corrected chi connectivity index (χ3v) is 3.52. The lowest BCUT2D eigenvalue weighted by Gasteiger charge is -2.07. The molecule has 1 aromatic heterocycles. The zero-order chi connectivity index (χ0) is 12.5.